The average molecular weight is 353 g/mol. The van der Waals surface area contributed by atoms with Crippen LogP contribution in [0, 0.1) is 5.92 Å². The molecule has 0 aromatic rings. The number of aliphatic imine (C=N–C) groups is 1. The highest BCUT2D eigenvalue weighted by molar-refractivity contribution is 5.80. The van der Waals surface area contributed by atoms with Gasteiger partial charge in [0.1, 0.15) is 0 Å². The van der Waals surface area contributed by atoms with Crippen LogP contribution in [0.3, 0.4) is 0 Å². The Bertz CT molecular complexity index is 420. The van der Waals surface area contributed by atoms with E-state index < -0.39 is 0 Å². The molecular formula is C19H36N4O2. The summed E-state index contributed by atoms with van der Waals surface area (Å²) in [5.41, 5.74) is 0. The molecule has 0 radical (unpaired) electrons. The summed E-state index contributed by atoms with van der Waals surface area (Å²) in [6, 6.07) is 0.607. The highest BCUT2D eigenvalue weighted by Gasteiger charge is 2.30. The number of ether oxygens (including phenoxy) is 1. The van der Waals surface area contributed by atoms with Crippen molar-refractivity contribution in [1.82, 2.24) is 15.1 Å². The minimum absolute atomic E-state index is 0.286. The largest absolute Gasteiger partial charge is 0.391 e. The van der Waals surface area contributed by atoms with Crippen LogP contribution in [0.2, 0.25) is 0 Å². The third kappa shape index (κ3) is 5.31. The fourth-order valence-corrected chi connectivity index (χ4v) is 4.45. The Morgan fingerprint density at radius 1 is 1.16 bits per heavy atom. The minimum Gasteiger partial charge on any atom is -0.391 e. The predicted octanol–water partition coefficient (Wildman–Crippen LogP) is 1.30. The molecular weight excluding hydrogens is 316 g/mol. The van der Waals surface area contributed by atoms with E-state index >= 15 is 0 Å². The van der Waals surface area contributed by atoms with E-state index in [0.29, 0.717) is 18.5 Å². The summed E-state index contributed by atoms with van der Waals surface area (Å²) < 4.78 is 5.48. The van der Waals surface area contributed by atoms with Crippen molar-refractivity contribution in [1.29, 1.82) is 0 Å². The van der Waals surface area contributed by atoms with Crippen molar-refractivity contribution in [2.75, 3.05) is 52.5 Å². The van der Waals surface area contributed by atoms with Crippen molar-refractivity contribution in [3.05, 3.63) is 0 Å². The molecule has 6 heteroatoms. The molecule has 144 valence electrons. The van der Waals surface area contributed by atoms with Crippen molar-refractivity contribution in [2.24, 2.45) is 10.9 Å². The number of likely N-dealkylation sites (tertiary alicyclic amines) is 1. The maximum Gasteiger partial charge on any atom is 0.194 e. The summed E-state index contributed by atoms with van der Waals surface area (Å²) in [4.78, 5) is 9.72. The van der Waals surface area contributed by atoms with Gasteiger partial charge in [0, 0.05) is 38.8 Å². The van der Waals surface area contributed by atoms with E-state index in [1.165, 1.54) is 25.7 Å². The lowest BCUT2D eigenvalue weighted by Crippen LogP contribution is -2.47. The smallest absolute Gasteiger partial charge is 0.194 e. The molecule has 0 aromatic carbocycles. The fraction of sp³-hybridized carbons (Fsp3) is 0.947. The molecule has 6 nitrogen and oxygen atoms in total. The molecule has 2 aliphatic heterocycles. The lowest BCUT2D eigenvalue weighted by molar-refractivity contribution is 0.0194. The Morgan fingerprint density at radius 3 is 2.64 bits per heavy atom. The van der Waals surface area contributed by atoms with Crippen LogP contribution in [0.25, 0.3) is 0 Å². The molecule has 25 heavy (non-hydrogen) atoms. The first-order valence-electron chi connectivity index (χ1n) is 10.3. The first kappa shape index (κ1) is 18.9. The highest BCUT2D eigenvalue weighted by Crippen LogP contribution is 2.26. The zero-order chi connectivity index (χ0) is 17.5. The van der Waals surface area contributed by atoms with Crippen LogP contribution >= 0.6 is 0 Å². The fourth-order valence-electron chi connectivity index (χ4n) is 4.45. The third-order valence-corrected chi connectivity index (χ3v) is 5.98. The molecule has 2 heterocycles. The van der Waals surface area contributed by atoms with Crippen molar-refractivity contribution in [3.63, 3.8) is 0 Å². The van der Waals surface area contributed by atoms with Crippen LogP contribution < -0.4 is 5.32 Å². The molecule has 2 saturated heterocycles. The van der Waals surface area contributed by atoms with Gasteiger partial charge in [-0.1, -0.05) is 19.3 Å². The number of rotatable bonds is 5. The molecule has 3 rings (SSSR count). The predicted molar refractivity (Wildman–Crippen MR) is 101 cm³/mol. The molecule has 2 N–H and O–H groups in total. The van der Waals surface area contributed by atoms with E-state index in [4.69, 9.17) is 9.73 Å². The van der Waals surface area contributed by atoms with Gasteiger partial charge in [0.15, 0.2) is 5.96 Å². The van der Waals surface area contributed by atoms with Crippen LogP contribution in [0.1, 0.15) is 45.4 Å². The van der Waals surface area contributed by atoms with Crippen molar-refractivity contribution in [2.45, 2.75) is 57.6 Å². The van der Waals surface area contributed by atoms with Crippen molar-refractivity contribution >= 4 is 5.96 Å². The van der Waals surface area contributed by atoms with Crippen molar-refractivity contribution in [3.8, 4) is 0 Å². The summed E-state index contributed by atoms with van der Waals surface area (Å²) in [6.45, 7) is 9.42. The van der Waals surface area contributed by atoms with E-state index in [9.17, 15) is 5.11 Å². The molecule has 0 spiro atoms. The quantitative estimate of drug-likeness (QED) is 0.577. The third-order valence-electron chi connectivity index (χ3n) is 5.98. The molecule has 0 aromatic heterocycles. The van der Waals surface area contributed by atoms with Gasteiger partial charge in [-0.3, -0.25) is 9.89 Å². The number of nitrogens with one attached hydrogen (secondary N) is 1. The number of morpholine rings is 1. The Morgan fingerprint density at radius 2 is 1.92 bits per heavy atom. The Labute approximate surface area is 152 Å². The van der Waals surface area contributed by atoms with Crippen molar-refractivity contribution < 1.29 is 9.84 Å². The van der Waals surface area contributed by atoms with Gasteiger partial charge in [0.05, 0.1) is 25.9 Å². The van der Waals surface area contributed by atoms with Crippen LogP contribution in [-0.2, 0) is 4.74 Å². The zero-order valence-corrected chi connectivity index (χ0v) is 15.8. The lowest BCUT2D eigenvalue weighted by Gasteiger charge is -2.32. The second-order valence-corrected chi connectivity index (χ2v) is 7.70. The van der Waals surface area contributed by atoms with Crippen LogP contribution in [-0.4, -0.2) is 85.5 Å². The summed E-state index contributed by atoms with van der Waals surface area (Å²) >= 11 is 0. The van der Waals surface area contributed by atoms with Gasteiger partial charge in [-0.15, -0.1) is 0 Å². The van der Waals surface area contributed by atoms with E-state index in [1.54, 1.807) is 0 Å². The number of aliphatic hydroxyl groups is 1. The molecule has 1 aliphatic carbocycles. The number of hydrogen-bond acceptors (Lipinski definition) is 4. The zero-order valence-electron chi connectivity index (χ0n) is 15.8. The minimum atomic E-state index is -0.286. The molecule has 2 unspecified atom stereocenters. The second-order valence-electron chi connectivity index (χ2n) is 7.70. The standard InChI is InChI=1S/C19H36N4O2/c1-2-20-19(21-14-18(24)16-6-4-3-5-7-16)23-9-8-17(15-23)22-10-12-25-13-11-22/h16-18,24H,2-15H2,1H3,(H,20,21). The number of nitrogens with zero attached hydrogens (tertiary/aromatic N) is 3. The monoisotopic (exact) mass is 352 g/mol. The van der Waals surface area contributed by atoms with E-state index in [-0.39, 0.29) is 6.10 Å². The van der Waals surface area contributed by atoms with Gasteiger partial charge in [0.2, 0.25) is 0 Å². The maximum absolute atomic E-state index is 10.5. The number of hydrogen-bond donors (Lipinski definition) is 2. The first-order chi connectivity index (χ1) is 12.3. The average Bonchev–Trinajstić information content (AvgIpc) is 3.16. The molecule has 3 fully saturated rings. The molecule has 0 bridgehead atoms. The van der Waals surface area contributed by atoms with Gasteiger partial charge < -0.3 is 20.1 Å². The van der Waals surface area contributed by atoms with Gasteiger partial charge in [-0.2, -0.15) is 0 Å². The lowest BCUT2D eigenvalue weighted by atomic mass is 9.85. The van der Waals surface area contributed by atoms with E-state index in [0.717, 1.165) is 64.7 Å². The Balaban J connectivity index is 1.52. The summed E-state index contributed by atoms with van der Waals surface area (Å²) in [5, 5.41) is 13.9. The summed E-state index contributed by atoms with van der Waals surface area (Å²) in [5.74, 6) is 1.42. The van der Waals surface area contributed by atoms with Gasteiger partial charge >= 0.3 is 0 Å². The normalized spacial score (nSPS) is 28.3. The summed E-state index contributed by atoms with van der Waals surface area (Å²) in [7, 11) is 0. The van der Waals surface area contributed by atoms with Crippen LogP contribution in [0.4, 0.5) is 0 Å². The molecule has 3 aliphatic rings. The SMILES string of the molecule is CCNC(=NCC(O)C1CCCCC1)N1CCC(N2CCOCC2)C1. The van der Waals surface area contributed by atoms with E-state index in [1.807, 2.05) is 0 Å². The van der Waals surface area contributed by atoms with Gasteiger partial charge in [-0.05, 0) is 32.1 Å². The Hall–Kier alpha value is -0.850. The topological polar surface area (TPSA) is 60.3 Å². The van der Waals surface area contributed by atoms with Gasteiger partial charge in [-0.25, -0.2) is 0 Å². The summed E-state index contributed by atoms with van der Waals surface area (Å²) in [6.07, 6.45) is 7.08. The molecule has 0 amide bonds. The molecule has 1 saturated carbocycles. The first-order valence-corrected chi connectivity index (χ1v) is 10.3. The number of guanidine groups is 1. The molecule has 2 atom stereocenters. The Kier molecular flexibility index (Phi) is 7.37. The van der Waals surface area contributed by atoms with Gasteiger partial charge in [0.25, 0.3) is 0 Å². The highest BCUT2D eigenvalue weighted by atomic mass is 16.5. The van der Waals surface area contributed by atoms with Crippen LogP contribution in [0.15, 0.2) is 4.99 Å². The van der Waals surface area contributed by atoms with Crippen LogP contribution in [0.5, 0.6) is 0 Å². The second kappa shape index (κ2) is 9.74. The van der Waals surface area contributed by atoms with E-state index in [2.05, 4.69) is 22.0 Å². The number of aliphatic hydroxyl groups excluding tert-OH is 1. The maximum atomic E-state index is 10.5.